The van der Waals surface area contributed by atoms with Crippen LogP contribution in [0.3, 0.4) is 0 Å². The molecule has 100 valence electrons. The standard InChI is InChI=1S/C14H26O3/c1-3-5-6-12(13(15)16)14(17)9-7-11(4-2)8-10-14/h11-12,17H,3-10H2,1-2H3,(H,15,16). The summed E-state index contributed by atoms with van der Waals surface area (Å²) in [5.41, 5.74) is -0.952. The van der Waals surface area contributed by atoms with Gasteiger partial charge in [0.2, 0.25) is 0 Å². The highest BCUT2D eigenvalue weighted by atomic mass is 16.4. The smallest absolute Gasteiger partial charge is 0.309 e. The molecule has 3 nitrogen and oxygen atoms in total. The van der Waals surface area contributed by atoms with Crippen LogP contribution in [0.4, 0.5) is 0 Å². The first kappa shape index (κ1) is 14.5. The fourth-order valence-electron chi connectivity index (χ4n) is 2.96. The largest absolute Gasteiger partial charge is 0.481 e. The molecule has 1 fully saturated rings. The molecule has 0 heterocycles. The van der Waals surface area contributed by atoms with Gasteiger partial charge in [0.15, 0.2) is 0 Å². The number of rotatable bonds is 6. The van der Waals surface area contributed by atoms with Crippen LogP contribution in [0.15, 0.2) is 0 Å². The van der Waals surface area contributed by atoms with Crippen molar-refractivity contribution < 1.29 is 15.0 Å². The highest BCUT2D eigenvalue weighted by Crippen LogP contribution is 2.40. The van der Waals surface area contributed by atoms with Crippen molar-refractivity contribution in [2.24, 2.45) is 11.8 Å². The molecule has 0 aliphatic heterocycles. The second kappa shape index (κ2) is 6.39. The maximum absolute atomic E-state index is 11.3. The van der Waals surface area contributed by atoms with Crippen molar-refractivity contribution in [2.45, 2.75) is 70.8 Å². The molecule has 0 bridgehead atoms. The molecule has 0 aromatic rings. The van der Waals surface area contributed by atoms with E-state index in [4.69, 9.17) is 0 Å². The van der Waals surface area contributed by atoms with Gasteiger partial charge in [0.05, 0.1) is 11.5 Å². The summed E-state index contributed by atoms with van der Waals surface area (Å²) >= 11 is 0. The van der Waals surface area contributed by atoms with E-state index in [2.05, 4.69) is 13.8 Å². The topological polar surface area (TPSA) is 57.5 Å². The third-order valence-corrected chi connectivity index (χ3v) is 4.34. The average Bonchev–Trinajstić information content (AvgIpc) is 2.30. The first-order valence-corrected chi connectivity index (χ1v) is 6.98. The van der Waals surface area contributed by atoms with E-state index in [-0.39, 0.29) is 0 Å². The average molecular weight is 242 g/mol. The lowest BCUT2D eigenvalue weighted by Crippen LogP contribution is -2.45. The Kier molecular flexibility index (Phi) is 5.44. The van der Waals surface area contributed by atoms with Crippen LogP contribution in [0.25, 0.3) is 0 Å². The maximum Gasteiger partial charge on any atom is 0.309 e. The van der Waals surface area contributed by atoms with E-state index >= 15 is 0 Å². The van der Waals surface area contributed by atoms with Gasteiger partial charge in [0, 0.05) is 0 Å². The van der Waals surface area contributed by atoms with Crippen molar-refractivity contribution in [2.75, 3.05) is 0 Å². The normalized spacial score (nSPS) is 31.1. The van der Waals surface area contributed by atoms with Gasteiger partial charge in [0.25, 0.3) is 0 Å². The lowest BCUT2D eigenvalue weighted by atomic mass is 9.70. The van der Waals surface area contributed by atoms with Crippen LogP contribution in [0, 0.1) is 11.8 Å². The molecule has 2 N–H and O–H groups in total. The van der Waals surface area contributed by atoms with Gasteiger partial charge in [-0.2, -0.15) is 0 Å². The Morgan fingerprint density at radius 3 is 2.35 bits per heavy atom. The Morgan fingerprint density at radius 1 is 1.35 bits per heavy atom. The van der Waals surface area contributed by atoms with E-state index in [9.17, 15) is 15.0 Å². The van der Waals surface area contributed by atoms with Crippen LogP contribution in [0.2, 0.25) is 0 Å². The third kappa shape index (κ3) is 3.70. The Morgan fingerprint density at radius 2 is 1.94 bits per heavy atom. The number of hydrogen-bond acceptors (Lipinski definition) is 2. The van der Waals surface area contributed by atoms with Gasteiger partial charge in [-0.1, -0.05) is 33.1 Å². The zero-order valence-corrected chi connectivity index (χ0v) is 11.1. The Balaban J connectivity index is 2.63. The van der Waals surface area contributed by atoms with E-state index < -0.39 is 17.5 Å². The van der Waals surface area contributed by atoms with Crippen LogP contribution in [-0.2, 0) is 4.79 Å². The first-order valence-electron chi connectivity index (χ1n) is 6.98. The van der Waals surface area contributed by atoms with E-state index in [1.165, 1.54) is 0 Å². The predicted octanol–water partition coefficient (Wildman–Crippen LogP) is 3.21. The SMILES string of the molecule is CCCCC(C(=O)O)C1(O)CCC(CC)CC1. The van der Waals surface area contributed by atoms with Gasteiger partial charge >= 0.3 is 5.97 Å². The summed E-state index contributed by atoms with van der Waals surface area (Å²) in [5, 5.41) is 19.8. The number of aliphatic carboxylic acids is 1. The highest BCUT2D eigenvalue weighted by Gasteiger charge is 2.43. The summed E-state index contributed by atoms with van der Waals surface area (Å²) in [7, 11) is 0. The van der Waals surface area contributed by atoms with Gasteiger partial charge in [-0.15, -0.1) is 0 Å². The van der Waals surface area contributed by atoms with Crippen molar-refractivity contribution in [3.05, 3.63) is 0 Å². The Hall–Kier alpha value is -0.570. The minimum atomic E-state index is -0.952. The molecule has 17 heavy (non-hydrogen) atoms. The molecular weight excluding hydrogens is 216 g/mol. The Bertz CT molecular complexity index is 242. The van der Waals surface area contributed by atoms with E-state index in [0.717, 1.165) is 32.1 Å². The number of hydrogen-bond donors (Lipinski definition) is 2. The lowest BCUT2D eigenvalue weighted by molar-refractivity contribution is -0.156. The number of unbranched alkanes of at least 4 members (excludes halogenated alkanes) is 1. The molecule has 0 saturated heterocycles. The van der Waals surface area contributed by atoms with Crippen LogP contribution in [0.1, 0.15) is 65.2 Å². The molecule has 1 aliphatic rings. The maximum atomic E-state index is 11.3. The zero-order chi connectivity index (χ0) is 12.9. The van der Waals surface area contributed by atoms with E-state index in [0.29, 0.717) is 25.2 Å². The summed E-state index contributed by atoms with van der Waals surface area (Å²) in [6.45, 7) is 4.22. The summed E-state index contributed by atoms with van der Waals surface area (Å²) in [6, 6.07) is 0. The second-order valence-corrected chi connectivity index (χ2v) is 5.49. The van der Waals surface area contributed by atoms with Crippen LogP contribution < -0.4 is 0 Å². The highest BCUT2D eigenvalue weighted by molar-refractivity contribution is 5.71. The Labute approximate surface area is 104 Å². The summed E-state index contributed by atoms with van der Waals surface area (Å²) in [5.74, 6) is -0.716. The second-order valence-electron chi connectivity index (χ2n) is 5.49. The predicted molar refractivity (Wildman–Crippen MR) is 67.8 cm³/mol. The molecule has 1 atom stereocenters. The molecule has 1 aliphatic carbocycles. The fraction of sp³-hybridized carbons (Fsp3) is 0.929. The number of carboxylic acids is 1. The van der Waals surface area contributed by atoms with Crippen molar-refractivity contribution >= 4 is 5.97 Å². The summed E-state index contributed by atoms with van der Waals surface area (Å²) < 4.78 is 0. The minimum Gasteiger partial charge on any atom is -0.481 e. The molecule has 1 unspecified atom stereocenters. The van der Waals surface area contributed by atoms with Gasteiger partial charge in [0.1, 0.15) is 0 Å². The molecule has 0 radical (unpaired) electrons. The van der Waals surface area contributed by atoms with Crippen LogP contribution in [0.5, 0.6) is 0 Å². The van der Waals surface area contributed by atoms with E-state index in [1.54, 1.807) is 0 Å². The van der Waals surface area contributed by atoms with Gasteiger partial charge in [-0.25, -0.2) is 0 Å². The number of aliphatic hydroxyl groups is 1. The van der Waals surface area contributed by atoms with Crippen LogP contribution >= 0.6 is 0 Å². The molecule has 3 heteroatoms. The number of carbonyl (C=O) groups is 1. The quantitative estimate of drug-likeness (QED) is 0.752. The van der Waals surface area contributed by atoms with Gasteiger partial charge < -0.3 is 10.2 Å². The molecular formula is C14H26O3. The van der Waals surface area contributed by atoms with Crippen LogP contribution in [-0.4, -0.2) is 21.8 Å². The third-order valence-electron chi connectivity index (χ3n) is 4.34. The molecule has 1 saturated carbocycles. The monoisotopic (exact) mass is 242 g/mol. The summed E-state index contributed by atoms with van der Waals surface area (Å²) in [6.07, 6.45) is 6.89. The number of carboxylic acid groups (broad SMARTS) is 1. The van der Waals surface area contributed by atoms with Crippen molar-refractivity contribution in [1.29, 1.82) is 0 Å². The van der Waals surface area contributed by atoms with Gasteiger partial charge in [-0.3, -0.25) is 4.79 Å². The van der Waals surface area contributed by atoms with Crippen molar-refractivity contribution in [1.82, 2.24) is 0 Å². The molecule has 0 amide bonds. The molecule has 0 aromatic carbocycles. The molecule has 1 rings (SSSR count). The first-order chi connectivity index (χ1) is 8.03. The van der Waals surface area contributed by atoms with Crippen molar-refractivity contribution in [3.8, 4) is 0 Å². The zero-order valence-electron chi connectivity index (χ0n) is 11.1. The van der Waals surface area contributed by atoms with E-state index in [1.807, 2.05) is 0 Å². The minimum absolute atomic E-state index is 0.569. The van der Waals surface area contributed by atoms with Crippen molar-refractivity contribution in [3.63, 3.8) is 0 Å². The fourth-order valence-corrected chi connectivity index (χ4v) is 2.96. The molecule has 0 aromatic heterocycles. The lowest BCUT2D eigenvalue weighted by Gasteiger charge is -2.39. The van der Waals surface area contributed by atoms with Gasteiger partial charge in [-0.05, 0) is 38.0 Å². The summed E-state index contributed by atoms with van der Waals surface area (Å²) in [4.78, 5) is 11.3. The molecule has 0 spiro atoms.